The Balaban J connectivity index is 1.94. The molecule has 0 bridgehead atoms. The van der Waals surface area contributed by atoms with Crippen LogP contribution >= 0.6 is 11.6 Å². The molecule has 2 heterocycles. The number of aromatic nitrogens is 1. The van der Waals surface area contributed by atoms with Crippen molar-refractivity contribution in [2.75, 3.05) is 19.7 Å². The van der Waals surface area contributed by atoms with Crippen LogP contribution in [0.15, 0.2) is 24.3 Å². The molecule has 6 heteroatoms. The summed E-state index contributed by atoms with van der Waals surface area (Å²) in [5, 5.41) is 20.8. The van der Waals surface area contributed by atoms with Crippen LogP contribution in [0.3, 0.4) is 0 Å². The van der Waals surface area contributed by atoms with E-state index in [2.05, 4.69) is 0 Å². The molecule has 1 amide bonds. The number of carbonyl (C=O) groups is 1. The van der Waals surface area contributed by atoms with Crippen LogP contribution in [-0.2, 0) is 7.05 Å². The lowest BCUT2D eigenvalue weighted by molar-refractivity contribution is -0.00462. The highest BCUT2D eigenvalue weighted by Crippen LogP contribution is 2.26. The fourth-order valence-electron chi connectivity index (χ4n) is 2.83. The van der Waals surface area contributed by atoms with Crippen molar-refractivity contribution in [3.05, 3.63) is 35.0 Å². The van der Waals surface area contributed by atoms with E-state index in [0.29, 0.717) is 23.7 Å². The number of aliphatic hydroxyl groups is 2. The fraction of sp³-hybridized carbons (Fsp3) is 0.400. The number of aryl methyl sites for hydroxylation is 1. The lowest BCUT2D eigenvalue weighted by Crippen LogP contribution is -2.39. The molecule has 2 N–H and O–H groups in total. The van der Waals surface area contributed by atoms with Gasteiger partial charge in [-0.05, 0) is 24.6 Å². The van der Waals surface area contributed by atoms with Crippen molar-refractivity contribution in [2.45, 2.75) is 12.0 Å². The zero-order valence-corrected chi connectivity index (χ0v) is 12.5. The highest BCUT2D eigenvalue weighted by molar-refractivity contribution is 6.31. The van der Waals surface area contributed by atoms with Gasteiger partial charge in [0.1, 0.15) is 11.3 Å². The number of likely N-dealkylation sites (tertiary alicyclic amines) is 1. The van der Waals surface area contributed by atoms with Gasteiger partial charge < -0.3 is 19.7 Å². The predicted octanol–water partition coefficient (Wildman–Crippen LogP) is 1.40. The van der Waals surface area contributed by atoms with Gasteiger partial charge in [0.2, 0.25) is 0 Å². The summed E-state index contributed by atoms with van der Waals surface area (Å²) < 4.78 is 1.81. The highest BCUT2D eigenvalue weighted by Gasteiger charge is 2.38. The van der Waals surface area contributed by atoms with Crippen LogP contribution in [0.25, 0.3) is 10.9 Å². The van der Waals surface area contributed by atoms with Gasteiger partial charge in [-0.2, -0.15) is 0 Å². The second kappa shape index (κ2) is 5.02. The Hall–Kier alpha value is -1.56. The Bertz CT molecular complexity index is 712. The Morgan fingerprint density at radius 2 is 2.19 bits per heavy atom. The van der Waals surface area contributed by atoms with E-state index in [-0.39, 0.29) is 19.1 Å². The van der Waals surface area contributed by atoms with Gasteiger partial charge in [-0.15, -0.1) is 0 Å². The quantitative estimate of drug-likeness (QED) is 0.881. The first-order chi connectivity index (χ1) is 9.93. The zero-order valence-electron chi connectivity index (χ0n) is 11.7. The molecule has 1 atom stereocenters. The normalized spacial score (nSPS) is 22.2. The van der Waals surface area contributed by atoms with Crippen LogP contribution in [0.5, 0.6) is 0 Å². The molecule has 1 aliphatic heterocycles. The molecule has 1 aromatic heterocycles. The van der Waals surface area contributed by atoms with Gasteiger partial charge in [-0.1, -0.05) is 17.7 Å². The number of fused-ring (bicyclic) bond motifs is 1. The van der Waals surface area contributed by atoms with E-state index in [0.717, 1.165) is 10.9 Å². The minimum Gasteiger partial charge on any atom is -0.393 e. The van der Waals surface area contributed by atoms with Crippen LogP contribution in [0.2, 0.25) is 5.02 Å². The van der Waals surface area contributed by atoms with Gasteiger partial charge in [0.25, 0.3) is 5.91 Å². The van der Waals surface area contributed by atoms with Crippen molar-refractivity contribution in [1.82, 2.24) is 9.47 Å². The van der Waals surface area contributed by atoms with E-state index < -0.39 is 5.60 Å². The van der Waals surface area contributed by atoms with Crippen molar-refractivity contribution >= 4 is 28.4 Å². The summed E-state index contributed by atoms with van der Waals surface area (Å²) in [5.41, 5.74) is 0.265. The molecule has 0 spiro atoms. The number of halogens is 1. The predicted molar refractivity (Wildman–Crippen MR) is 80.5 cm³/mol. The van der Waals surface area contributed by atoms with E-state index in [9.17, 15) is 15.0 Å². The molecule has 1 saturated heterocycles. The number of benzene rings is 1. The van der Waals surface area contributed by atoms with Gasteiger partial charge in [0.05, 0.1) is 13.2 Å². The monoisotopic (exact) mass is 308 g/mol. The molecule has 1 aliphatic rings. The average Bonchev–Trinajstić information content (AvgIpc) is 3.01. The largest absolute Gasteiger partial charge is 0.393 e. The third kappa shape index (κ3) is 2.41. The molecular formula is C15H17ClN2O3. The minimum absolute atomic E-state index is 0.144. The molecule has 0 saturated carbocycles. The SMILES string of the molecule is Cn1c(C(=O)N2CCC(O)(CO)C2)cc2ccc(Cl)cc21. The van der Waals surface area contributed by atoms with Gasteiger partial charge in [0, 0.05) is 29.5 Å². The zero-order chi connectivity index (χ0) is 15.2. The summed E-state index contributed by atoms with van der Waals surface area (Å²) in [6.07, 6.45) is 0.394. The average molecular weight is 309 g/mol. The van der Waals surface area contributed by atoms with E-state index in [1.165, 1.54) is 0 Å². The molecule has 1 fully saturated rings. The first-order valence-electron chi connectivity index (χ1n) is 6.81. The van der Waals surface area contributed by atoms with E-state index in [1.807, 2.05) is 25.2 Å². The van der Waals surface area contributed by atoms with Crippen molar-refractivity contribution in [3.8, 4) is 0 Å². The van der Waals surface area contributed by atoms with E-state index >= 15 is 0 Å². The number of amides is 1. The molecule has 5 nitrogen and oxygen atoms in total. The standard InChI is InChI=1S/C15H17ClN2O3/c1-17-12-7-11(16)3-2-10(12)6-13(17)14(20)18-5-4-15(21,8-18)9-19/h2-3,6-7,19,21H,4-5,8-9H2,1H3. The third-order valence-electron chi connectivity index (χ3n) is 4.14. The van der Waals surface area contributed by atoms with Crippen molar-refractivity contribution in [1.29, 1.82) is 0 Å². The molecule has 0 radical (unpaired) electrons. The Kier molecular flexibility index (Phi) is 3.43. The van der Waals surface area contributed by atoms with Crippen molar-refractivity contribution in [3.63, 3.8) is 0 Å². The van der Waals surface area contributed by atoms with Crippen LogP contribution in [-0.4, -0.2) is 50.9 Å². The summed E-state index contributed by atoms with van der Waals surface area (Å²) in [6.45, 7) is 0.268. The number of aliphatic hydroxyl groups excluding tert-OH is 1. The number of rotatable bonds is 2. The van der Waals surface area contributed by atoms with Gasteiger partial charge in [0.15, 0.2) is 0 Å². The Morgan fingerprint density at radius 3 is 2.86 bits per heavy atom. The summed E-state index contributed by atoms with van der Waals surface area (Å²) >= 11 is 5.99. The molecule has 112 valence electrons. The number of hydrogen-bond acceptors (Lipinski definition) is 3. The lowest BCUT2D eigenvalue weighted by Gasteiger charge is -2.21. The molecule has 3 rings (SSSR count). The lowest BCUT2D eigenvalue weighted by atomic mass is 10.1. The Morgan fingerprint density at radius 1 is 1.43 bits per heavy atom. The van der Waals surface area contributed by atoms with E-state index in [4.69, 9.17) is 11.6 Å². The highest BCUT2D eigenvalue weighted by atomic mass is 35.5. The number of β-amino-alcohol motifs (C(OH)–C–C–N with tert-alkyl or cyclic N) is 1. The molecule has 1 unspecified atom stereocenters. The summed E-state index contributed by atoms with van der Waals surface area (Å²) in [5.74, 6) is -0.144. The first kappa shape index (κ1) is 14.4. The number of nitrogens with zero attached hydrogens (tertiary/aromatic N) is 2. The van der Waals surface area contributed by atoms with Gasteiger partial charge in [-0.3, -0.25) is 4.79 Å². The summed E-state index contributed by atoms with van der Waals surface area (Å²) in [6, 6.07) is 7.31. The maximum Gasteiger partial charge on any atom is 0.270 e. The van der Waals surface area contributed by atoms with Crippen molar-refractivity contribution < 1.29 is 15.0 Å². The fourth-order valence-corrected chi connectivity index (χ4v) is 3.00. The minimum atomic E-state index is -1.18. The summed E-state index contributed by atoms with van der Waals surface area (Å²) in [4.78, 5) is 14.2. The maximum absolute atomic E-state index is 12.6. The summed E-state index contributed by atoms with van der Waals surface area (Å²) in [7, 11) is 1.82. The molecular weight excluding hydrogens is 292 g/mol. The first-order valence-corrected chi connectivity index (χ1v) is 7.19. The van der Waals surface area contributed by atoms with Crippen LogP contribution < -0.4 is 0 Å². The molecule has 21 heavy (non-hydrogen) atoms. The molecule has 2 aromatic rings. The number of carbonyl (C=O) groups excluding carboxylic acids is 1. The molecule has 0 aliphatic carbocycles. The topological polar surface area (TPSA) is 65.7 Å². The van der Waals surface area contributed by atoms with E-state index in [1.54, 1.807) is 15.5 Å². The second-order valence-electron chi connectivity index (χ2n) is 5.65. The van der Waals surface area contributed by atoms with Gasteiger partial charge in [-0.25, -0.2) is 0 Å². The second-order valence-corrected chi connectivity index (χ2v) is 6.09. The van der Waals surface area contributed by atoms with Gasteiger partial charge >= 0.3 is 0 Å². The van der Waals surface area contributed by atoms with Crippen molar-refractivity contribution in [2.24, 2.45) is 7.05 Å². The Labute approximate surface area is 127 Å². The van der Waals surface area contributed by atoms with Crippen LogP contribution in [0.1, 0.15) is 16.9 Å². The van der Waals surface area contributed by atoms with Crippen LogP contribution in [0, 0.1) is 0 Å². The smallest absolute Gasteiger partial charge is 0.270 e. The molecule has 1 aromatic carbocycles. The third-order valence-corrected chi connectivity index (χ3v) is 4.38. The number of hydrogen-bond donors (Lipinski definition) is 2. The maximum atomic E-state index is 12.6. The van der Waals surface area contributed by atoms with Crippen LogP contribution in [0.4, 0.5) is 0 Å².